The Hall–Kier alpha value is -2.21. The predicted molar refractivity (Wildman–Crippen MR) is 121 cm³/mol. The number of rotatable bonds is 7. The molecule has 0 aromatic heterocycles. The van der Waals surface area contributed by atoms with Crippen LogP contribution < -0.4 is 20.3 Å². The van der Waals surface area contributed by atoms with Crippen LogP contribution in [0.25, 0.3) is 0 Å². The number of nitrogens with zero attached hydrogens (tertiary/aromatic N) is 2. The summed E-state index contributed by atoms with van der Waals surface area (Å²) >= 11 is 3.50. The van der Waals surface area contributed by atoms with Crippen LogP contribution in [-0.2, 0) is 6.42 Å². The maximum Gasteiger partial charge on any atom is 0.190 e. The first-order chi connectivity index (χ1) is 13.7. The minimum Gasteiger partial charge on any atom is -0.497 e. The molecule has 150 valence electrons. The van der Waals surface area contributed by atoms with E-state index in [9.17, 15) is 0 Å². The maximum absolute atomic E-state index is 5.20. The Bertz CT molecular complexity index is 761. The summed E-state index contributed by atoms with van der Waals surface area (Å²) in [6.45, 7) is 3.98. The van der Waals surface area contributed by atoms with Crippen molar-refractivity contribution in [1.29, 1.82) is 0 Å². The number of benzene rings is 2. The number of guanidine groups is 1. The number of anilines is 1. The standard InChI is InChI=1S/C22H29BrN4O/c1-24-22(25-13-11-17-3-9-21(28-2)10-4-17)26-15-18-12-14-27(16-18)20-7-5-19(23)6-8-20/h3-10,18H,11-16H2,1-2H3,(H2,24,25,26). The Labute approximate surface area is 176 Å². The van der Waals surface area contributed by atoms with E-state index in [1.54, 1.807) is 7.11 Å². The van der Waals surface area contributed by atoms with Crippen molar-refractivity contribution < 1.29 is 4.74 Å². The Kier molecular flexibility index (Phi) is 7.60. The highest BCUT2D eigenvalue weighted by atomic mass is 79.9. The monoisotopic (exact) mass is 444 g/mol. The average Bonchev–Trinajstić information content (AvgIpc) is 3.20. The lowest BCUT2D eigenvalue weighted by Crippen LogP contribution is -2.41. The highest BCUT2D eigenvalue weighted by Crippen LogP contribution is 2.24. The van der Waals surface area contributed by atoms with Gasteiger partial charge in [0.25, 0.3) is 0 Å². The minimum atomic E-state index is 0.629. The van der Waals surface area contributed by atoms with Gasteiger partial charge in [-0.3, -0.25) is 4.99 Å². The SMILES string of the molecule is CN=C(NCCc1ccc(OC)cc1)NCC1CCN(c2ccc(Br)cc2)C1. The van der Waals surface area contributed by atoms with Crippen molar-refractivity contribution in [2.75, 3.05) is 45.2 Å². The van der Waals surface area contributed by atoms with Crippen LogP contribution in [0.3, 0.4) is 0 Å². The molecule has 2 N–H and O–H groups in total. The number of hydrogen-bond acceptors (Lipinski definition) is 3. The molecule has 1 saturated heterocycles. The fraction of sp³-hybridized carbons (Fsp3) is 0.409. The smallest absolute Gasteiger partial charge is 0.190 e. The summed E-state index contributed by atoms with van der Waals surface area (Å²) in [4.78, 5) is 6.81. The third-order valence-electron chi connectivity index (χ3n) is 5.12. The summed E-state index contributed by atoms with van der Waals surface area (Å²) in [5.74, 6) is 2.39. The first-order valence-corrected chi connectivity index (χ1v) is 10.5. The summed E-state index contributed by atoms with van der Waals surface area (Å²) in [7, 11) is 3.51. The number of ether oxygens (including phenoxy) is 1. The van der Waals surface area contributed by atoms with E-state index in [1.807, 2.05) is 19.2 Å². The van der Waals surface area contributed by atoms with Gasteiger partial charge in [-0.15, -0.1) is 0 Å². The molecule has 2 aromatic rings. The Morgan fingerprint density at radius 3 is 2.57 bits per heavy atom. The predicted octanol–water partition coefficient (Wildman–Crippen LogP) is 3.69. The fourth-order valence-electron chi connectivity index (χ4n) is 3.46. The highest BCUT2D eigenvalue weighted by Gasteiger charge is 2.22. The van der Waals surface area contributed by atoms with Crippen LogP contribution in [0.5, 0.6) is 5.75 Å². The van der Waals surface area contributed by atoms with Gasteiger partial charge in [0.2, 0.25) is 0 Å². The van der Waals surface area contributed by atoms with E-state index >= 15 is 0 Å². The molecular weight excluding hydrogens is 416 g/mol. The first-order valence-electron chi connectivity index (χ1n) is 9.76. The molecule has 6 heteroatoms. The summed E-state index contributed by atoms with van der Waals surface area (Å²) < 4.78 is 6.32. The van der Waals surface area contributed by atoms with Crippen molar-refractivity contribution in [3.63, 3.8) is 0 Å². The van der Waals surface area contributed by atoms with Gasteiger partial charge in [-0.05, 0) is 60.7 Å². The number of methoxy groups -OCH3 is 1. The van der Waals surface area contributed by atoms with Crippen LogP contribution >= 0.6 is 15.9 Å². The second-order valence-electron chi connectivity index (χ2n) is 7.06. The fourth-order valence-corrected chi connectivity index (χ4v) is 3.73. The van der Waals surface area contributed by atoms with Gasteiger partial charge in [-0.2, -0.15) is 0 Å². The minimum absolute atomic E-state index is 0.629. The van der Waals surface area contributed by atoms with Crippen LogP contribution in [0.4, 0.5) is 5.69 Å². The van der Waals surface area contributed by atoms with Gasteiger partial charge >= 0.3 is 0 Å². The zero-order chi connectivity index (χ0) is 19.8. The van der Waals surface area contributed by atoms with E-state index in [0.29, 0.717) is 5.92 Å². The third-order valence-corrected chi connectivity index (χ3v) is 5.65. The number of halogens is 1. The summed E-state index contributed by atoms with van der Waals surface area (Å²) in [6.07, 6.45) is 2.15. The van der Waals surface area contributed by atoms with Crippen molar-refractivity contribution in [1.82, 2.24) is 10.6 Å². The second kappa shape index (κ2) is 10.4. The molecule has 1 heterocycles. The van der Waals surface area contributed by atoms with Crippen molar-refractivity contribution >= 4 is 27.6 Å². The lowest BCUT2D eigenvalue weighted by Gasteiger charge is -2.19. The molecule has 0 spiro atoms. The molecule has 0 bridgehead atoms. The quantitative estimate of drug-likeness (QED) is 0.504. The van der Waals surface area contributed by atoms with Gasteiger partial charge in [0.05, 0.1) is 7.11 Å². The molecule has 0 aliphatic carbocycles. The van der Waals surface area contributed by atoms with E-state index < -0.39 is 0 Å². The van der Waals surface area contributed by atoms with E-state index in [2.05, 4.69) is 72.9 Å². The Morgan fingerprint density at radius 2 is 1.89 bits per heavy atom. The summed E-state index contributed by atoms with van der Waals surface area (Å²) in [6, 6.07) is 16.8. The van der Waals surface area contributed by atoms with Crippen molar-refractivity contribution in [3.05, 3.63) is 58.6 Å². The maximum atomic E-state index is 5.20. The number of hydrogen-bond donors (Lipinski definition) is 2. The van der Waals surface area contributed by atoms with Crippen molar-refractivity contribution in [2.24, 2.45) is 10.9 Å². The molecule has 5 nitrogen and oxygen atoms in total. The van der Waals surface area contributed by atoms with Crippen LogP contribution in [0.15, 0.2) is 58.0 Å². The largest absolute Gasteiger partial charge is 0.497 e. The molecule has 1 atom stereocenters. The van der Waals surface area contributed by atoms with E-state index in [1.165, 1.54) is 17.7 Å². The summed E-state index contributed by atoms with van der Waals surface area (Å²) in [5, 5.41) is 6.89. The van der Waals surface area contributed by atoms with Crippen LogP contribution in [0.2, 0.25) is 0 Å². The topological polar surface area (TPSA) is 48.9 Å². The first kappa shape index (κ1) is 20.5. The molecule has 0 radical (unpaired) electrons. The van der Waals surface area contributed by atoms with Crippen molar-refractivity contribution in [2.45, 2.75) is 12.8 Å². The molecule has 0 saturated carbocycles. The van der Waals surface area contributed by atoms with E-state index in [0.717, 1.165) is 48.8 Å². The average molecular weight is 445 g/mol. The van der Waals surface area contributed by atoms with Crippen LogP contribution in [-0.4, -0.2) is 46.3 Å². The molecule has 2 aromatic carbocycles. The van der Waals surface area contributed by atoms with Crippen LogP contribution in [0, 0.1) is 5.92 Å². The van der Waals surface area contributed by atoms with E-state index in [-0.39, 0.29) is 0 Å². The second-order valence-corrected chi connectivity index (χ2v) is 7.97. The number of nitrogens with one attached hydrogen (secondary N) is 2. The summed E-state index contributed by atoms with van der Waals surface area (Å²) in [5.41, 5.74) is 2.58. The lowest BCUT2D eigenvalue weighted by atomic mass is 10.1. The number of aliphatic imine (C=N–C) groups is 1. The Balaban J connectivity index is 1.38. The van der Waals surface area contributed by atoms with Gasteiger partial charge in [0.15, 0.2) is 5.96 Å². The molecule has 1 aliphatic rings. The lowest BCUT2D eigenvalue weighted by molar-refractivity contribution is 0.414. The molecule has 3 rings (SSSR count). The highest BCUT2D eigenvalue weighted by molar-refractivity contribution is 9.10. The normalized spacial score (nSPS) is 16.9. The molecular formula is C22H29BrN4O. The van der Waals surface area contributed by atoms with Gasteiger partial charge in [0, 0.05) is 43.4 Å². The van der Waals surface area contributed by atoms with Gasteiger partial charge in [0.1, 0.15) is 5.75 Å². The Morgan fingerprint density at radius 1 is 1.14 bits per heavy atom. The molecule has 28 heavy (non-hydrogen) atoms. The van der Waals surface area contributed by atoms with Gasteiger partial charge in [-0.1, -0.05) is 28.1 Å². The third kappa shape index (κ3) is 5.89. The zero-order valence-electron chi connectivity index (χ0n) is 16.6. The molecule has 0 amide bonds. The van der Waals surface area contributed by atoms with Crippen LogP contribution in [0.1, 0.15) is 12.0 Å². The molecule has 1 fully saturated rings. The van der Waals surface area contributed by atoms with Crippen molar-refractivity contribution in [3.8, 4) is 5.75 Å². The zero-order valence-corrected chi connectivity index (χ0v) is 18.2. The van der Waals surface area contributed by atoms with Gasteiger partial charge in [-0.25, -0.2) is 0 Å². The molecule has 1 aliphatic heterocycles. The van der Waals surface area contributed by atoms with Gasteiger partial charge < -0.3 is 20.3 Å². The van der Waals surface area contributed by atoms with E-state index in [4.69, 9.17) is 4.74 Å². The molecule has 1 unspecified atom stereocenters.